The van der Waals surface area contributed by atoms with Crippen molar-refractivity contribution in [1.29, 1.82) is 0 Å². The Morgan fingerprint density at radius 3 is 2.36 bits per heavy atom. The first-order chi connectivity index (χ1) is 6.45. The molecule has 1 aromatic rings. The van der Waals surface area contributed by atoms with Gasteiger partial charge in [0.25, 0.3) is 0 Å². The second kappa shape index (κ2) is 3.86. The first kappa shape index (κ1) is 10.8. The number of hydrogen-bond acceptors (Lipinski definition) is 2. The summed E-state index contributed by atoms with van der Waals surface area (Å²) in [5.41, 5.74) is -1.31. The molecule has 0 aliphatic heterocycles. The molecular weight excluding hydrogens is 218 g/mol. The standard InChI is InChI=1S/C8H3F4NS/c9-6-3-5(8(10,11)12)1-2-7(6)13-4-14/h1-3H. The van der Waals surface area contributed by atoms with E-state index in [1.165, 1.54) is 0 Å². The zero-order valence-electron chi connectivity index (χ0n) is 6.60. The molecule has 1 rings (SSSR count). The third-order valence-electron chi connectivity index (χ3n) is 1.44. The number of aliphatic imine (C=N–C) groups is 1. The van der Waals surface area contributed by atoms with E-state index in [0.29, 0.717) is 6.07 Å². The zero-order valence-corrected chi connectivity index (χ0v) is 7.42. The Morgan fingerprint density at radius 2 is 1.93 bits per heavy atom. The molecule has 74 valence electrons. The predicted molar refractivity (Wildman–Crippen MR) is 46.1 cm³/mol. The van der Waals surface area contributed by atoms with E-state index in [4.69, 9.17) is 0 Å². The minimum atomic E-state index is -4.55. The average Bonchev–Trinajstić information content (AvgIpc) is 2.07. The van der Waals surface area contributed by atoms with Crippen LogP contribution in [-0.2, 0) is 6.18 Å². The Bertz CT molecular complexity index is 393. The van der Waals surface area contributed by atoms with Crippen molar-refractivity contribution in [3.63, 3.8) is 0 Å². The Hall–Kier alpha value is -1.26. The second-order valence-electron chi connectivity index (χ2n) is 2.37. The zero-order chi connectivity index (χ0) is 10.8. The number of isothiocyanates is 1. The molecule has 14 heavy (non-hydrogen) atoms. The quantitative estimate of drug-likeness (QED) is 0.401. The van der Waals surface area contributed by atoms with E-state index >= 15 is 0 Å². The molecule has 0 bridgehead atoms. The van der Waals surface area contributed by atoms with Crippen molar-refractivity contribution >= 4 is 23.1 Å². The van der Waals surface area contributed by atoms with Gasteiger partial charge in [-0.25, -0.2) is 4.39 Å². The van der Waals surface area contributed by atoms with Gasteiger partial charge in [-0.3, -0.25) is 0 Å². The molecule has 0 aliphatic rings. The Balaban J connectivity index is 3.19. The monoisotopic (exact) mass is 221 g/mol. The van der Waals surface area contributed by atoms with Gasteiger partial charge in [0, 0.05) is 0 Å². The second-order valence-corrected chi connectivity index (χ2v) is 2.55. The third kappa shape index (κ3) is 2.37. The fraction of sp³-hybridized carbons (Fsp3) is 0.125. The summed E-state index contributed by atoms with van der Waals surface area (Å²) in [5.74, 6) is -1.07. The number of nitrogens with zero attached hydrogens (tertiary/aromatic N) is 1. The lowest BCUT2D eigenvalue weighted by molar-refractivity contribution is -0.137. The molecule has 0 amide bonds. The predicted octanol–water partition coefficient (Wildman–Crippen LogP) is 3.58. The fourth-order valence-electron chi connectivity index (χ4n) is 0.823. The number of thiocarbonyl (C=S) groups is 1. The molecule has 0 radical (unpaired) electrons. The van der Waals surface area contributed by atoms with Gasteiger partial charge in [0.05, 0.1) is 10.7 Å². The summed E-state index contributed by atoms with van der Waals surface area (Å²) in [6.07, 6.45) is -4.55. The lowest BCUT2D eigenvalue weighted by Crippen LogP contribution is -2.04. The normalized spacial score (nSPS) is 10.9. The minimum absolute atomic E-state index is 0.256. The maximum Gasteiger partial charge on any atom is 0.416 e. The average molecular weight is 221 g/mol. The summed E-state index contributed by atoms with van der Waals surface area (Å²) in [6, 6.07) is 2.00. The molecule has 0 N–H and O–H groups in total. The number of hydrogen-bond donors (Lipinski definition) is 0. The van der Waals surface area contributed by atoms with Crippen LogP contribution in [0.2, 0.25) is 0 Å². The van der Waals surface area contributed by atoms with E-state index in [1.54, 1.807) is 0 Å². The Kier molecular flexibility index (Phi) is 2.98. The fourth-order valence-corrected chi connectivity index (χ4v) is 0.921. The number of alkyl halides is 3. The molecule has 0 atom stereocenters. The minimum Gasteiger partial charge on any atom is -0.205 e. The molecule has 0 unspecified atom stereocenters. The van der Waals surface area contributed by atoms with Gasteiger partial charge in [0.2, 0.25) is 0 Å². The van der Waals surface area contributed by atoms with Gasteiger partial charge in [-0.2, -0.15) is 18.2 Å². The highest BCUT2D eigenvalue weighted by Gasteiger charge is 2.31. The maximum atomic E-state index is 12.9. The van der Waals surface area contributed by atoms with E-state index < -0.39 is 17.6 Å². The first-order valence-electron chi connectivity index (χ1n) is 3.40. The van der Waals surface area contributed by atoms with Crippen molar-refractivity contribution in [1.82, 2.24) is 0 Å². The summed E-state index contributed by atoms with van der Waals surface area (Å²) in [4.78, 5) is 3.25. The molecule has 0 saturated heterocycles. The lowest BCUT2D eigenvalue weighted by atomic mass is 10.2. The highest BCUT2D eigenvalue weighted by molar-refractivity contribution is 7.78. The molecular formula is C8H3F4NS. The smallest absolute Gasteiger partial charge is 0.205 e. The number of rotatable bonds is 1. The molecule has 0 aliphatic carbocycles. The van der Waals surface area contributed by atoms with Crippen LogP contribution in [0.5, 0.6) is 0 Å². The summed E-state index contributed by atoms with van der Waals surface area (Å²) in [7, 11) is 0. The van der Waals surface area contributed by atoms with E-state index in [1.807, 2.05) is 5.16 Å². The summed E-state index contributed by atoms with van der Waals surface area (Å²) < 4.78 is 49.0. The maximum absolute atomic E-state index is 12.9. The number of halogens is 4. The Labute approximate surface area is 82.1 Å². The summed E-state index contributed by atoms with van der Waals surface area (Å²) in [6.45, 7) is 0. The molecule has 1 nitrogen and oxygen atoms in total. The van der Waals surface area contributed by atoms with Crippen LogP contribution in [0.15, 0.2) is 23.2 Å². The molecule has 0 heterocycles. The lowest BCUT2D eigenvalue weighted by Gasteiger charge is -2.06. The van der Waals surface area contributed by atoms with Gasteiger partial charge in [0.1, 0.15) is 11.5 Å². The van der Waals surface area contributed by atoms with Gasteiger partial charge in [0.15, 0.2) is 0 Å². The van der Waals surface area contributed by atoms with Crippen molar-refractivity contribution in [2.45, 2.75) is 6.18 Å². The summed E-state index contributed by atoms with van der Waals surface area (Å²) in [5, 5.41) is 1.87. The van der Waals surface area contributed by atoms with Gasteiger partial charge in [-0.15, -0.1) is 0 Å². The van der Waals surface area contributed by atoms with Crippen LogP contribution in [0.3, 0.4) is 0 Å². The van der Waals surface area contributed by atoms with Gasteiger partial charge in [-0.05, 0) is 30.4 Å². The van der Waals surface area contributed by atoms with Crippen molar-refractivity contribution in [2.75, 3.05) is 0 Å². The molecule has 6 heteroatoms. The van der Waals surface area contributed by atoms with Crippen molar-refractivity contribution in [2.24, 2.45) is 4.99 Å². The SMILES string of the molecule is Fc1cc(C(F)(F)F)ccc1N=C=S. The van der Waals surface area contributed by atoms with Crippen molar-refractivity contribution in [3.05, 3.63) is 29.6 Å². The van der Waals surface area contributed by atoms with Crippen molar-refractivity contribution < 1.29 is 17.6 Å². The first-order valence-corrected chi connectivity index (χ1v) is 3.80. The molecule has 0 aromatic heterocycles. The highest BCUT2D eigenvalue weighted by Crippen LogP contribution is 2.31. The van der Waals surface area contributed by atoms with Crippen LogP contribution in [0.25, 0.3) is 0 Å². The van der Waals surface area contributed by atoms with Crippen molar-refractivity contribution in [3.8, 4) is 0 Å². The topological polar surface area (TPSA) is 12.4 Å². The van der Waals surface area contributed by atoms with Crippen LogP contribution in [0.1, 0.15) is 5.56 Å². The molecule has 0 spiro atoms. The van der Waals surface area contributed by atoms with Crippen LogP contribution in [-0.4, -0.2) is 5.16 Å². The van der Waals surface area contributed by atoms with Gasteiger partial charge >= 0.3 is 6.18 Å². The largest absolute Gasteiger partial charge is 0.416 e. The van der Waals surface area contributed by atoms with E-state index in [9.17, 15) is 17.6 Å². The molecule has 1 aromatic carbocycles. The van der Waals surface area contributed by atoms with E-state index in [2.05, 4.69) is 17.2 Å². The van der Waals surface area contributed by atoms with Crippen LogP contribution >= 0.6 is 12.2 Å². The number of benzene rings is 1. The van der Waals surface area contributed by atoms with Crippen LogP contribution < -0.4 is 0 Å². The van der Waals surface area contributed by atoms with Crippen LogP contribution in [0.4, 0.5) is 23.2 Å². The van der Waals surface area contributed by atoms with Crippen LogP contribution in [0, 0.1) is 5.82 Å². The third-order valence-corrected chi connectivity index (χ3v) is 1.53. The Morgan fingerprint density at radius 1 is 1.29 bits per heavy atom. The molecule has 0 fully saturated rings. The van der Waals surface area contributed by atoms with Gasteiger partial charge in [-0.1, -0.05) is 0 Å². The summed E-state index contributed by atoms with van der Waals surface area (Å²) >= 11 is 4.19. The molecule has 0 saturated carbocycles. The van der Waals surface area contributed by atoms with E-state index in [-0.39, 0.29) is 5.69 Å². The highest BCUT2D eigenvalue weighted by atomic mass is 32.1. The van der Waals surface area contributed by atoms with E-state index in [0.717, 1.165) is 12.1 Å². The van der Waals surface area contributed by atoms with Gasteiger partial charge < -0.3 is 0 Å².